The van der Waals surface area contributed by atoms with Gasteiger partial charge in [0.25, 0.3) is 0 Å². The predicted octanol–water partition coefficient (Wildman–Crippen LogP) is 4.01. The molecule has 0 spiro atoms. The Kier molecular flexibility index (Phi) is 5.21. The Hall–Kier alpha value is -2.14. The first-order valence-corrected chi connectivity index (χ1v) is 7.68. The number of aryl methyl sites for hydroxylation is 1. The highest BCUT2D eigenvalue weighted by Crippen LogP contribution is 2.15. The van der Waals surface area contributed by atoms with E-state index in [4.69, 9.17) is 16.3 Å². The summed E-state index contributed by atoms with van der Waals surface area (Å²) in [6.07, 6.45) is 0. The van der Waals surface area contributed by atoms with Crippen molar-refractivity contribution in [2.45, 2.75) is 39.8 Å². The van der Waals surface area contributed by atoms with Gasteiger partial charge in [-0.2, -0.15) is 0 Å². The molecule has 0 saturated heterocycles. The van der Waals surface area contributed by atoms with Crippen molar-refractivity contribution in [3.8, 4) is 0 Å². The highest BCUT2D eigenvalue weighted by atomic mass is 35.5. The number of nitrogens with zero attached hydrogens (tertiary/aromatic N) is 2. The lowest BCUT2D eigenvalue weighted by atomic mass is 10.1. The minimum absolute atomic E-state index is 0.324. The highest BCUT2D eigenvalue weighted by Gasteiger charge is 2.17. The van der Waals surface area contributed by atoms with Gasteiger partial charge in [0.05, 0.1) is 5.56 Å². The number of hydrogen-bond donors (Lipinski definition) is 1. The molecule has 0 aliphatic rings. The van der Waals surface area contributed by atoms with Gasteiger partial charge in [-0.25, -0.2) is 14.8 Å². The van der Waals surface area contributed by atoms with Crippen molar-refractivity contribution in [3.05, 3.63) is 52.4 Å². The van der Waals surface area contributed by atoms with E-state index in [1.807, 2.05) is 32.9 Å². The van der Waals surface area contributed by atoms with E-state index in [-0.39, 0.29) is 5.97 Å². The molecular formula is C17H20ClN3O2. The van der Waals surface area contributed by atoms with Crippen molar-refractivity contribution in [2.75, 3.05) is 5.32 Å². The van der Waals surface area contributed by atoms with E-state index in [0.29, 0.717) is 28.9 Å². The molecule has 0 aliphatic heterocycles. The van der Waals surface area contributed by atoms with Gasteiger partial charge in [0, 0.05) is 12.6 Å². The number of benzene rings is 1. The van der Waals surface area contributed by atoms with E-state index in [9.17, 15) is 4.79 Å². The lowest BCUT2D eigenvalue weighted by Gasteiger charge is -2.19. The monoisotopic (exact) mass is 333 g/mol. The zero-order valence-electron chi connectivity index (χ0n) is 13.7. The van der Waals surface area contributed by atoms with Crippen LogP contribution in [0.2, 0.25) is 5.15 Å². The van der Waals surface area contributed by atoms with Crippen LogP contribution in [0, 0.1) is 6.92 Å². The van der Waals surface area contributed by atoms with Crippen molar-refractivity contribution < 1.29 is 9.53 Å². The van der Waals surface area contributed by atoms with Gasteiger partial charge in [-0.3, -0.25) is 0 Å². The summed E-state index contributed by atoms with van der Waals surface area (Å²) in [5.74, 6) is 0.953. The molecule has 6 heteroatoms. The zero-order chi connectivity index (χ0) is 17.0. The molecule has 0 aliphatic carbocycles. The average molecular weight is 334 g/mol. The van der Waals surface area contributed by atoms with Crippen LogP contribution in [0.3, 0.4) is 0 Å². The fraction of sp³-hybridized carbons (Fsp3) is 0.353. The fourth-order valence-corrected chi connectivity index (χ4v) is 2.14. The maximum absolute atomic E-state index is 12.0. The smallest absolute Gasteiger partial charge is 0.338 e. The van der Waals surface area contributed by atoms with Gasteiger partial charge in [0.2, 0.25) is 0 Å². The Morgan fingerprint density at radius 1 is 1.22 bits per heavy atom. The maximum atomic E-state index is 12.0. The number of hydrogen-bond acceptors (Lipinski definition) is 5. The second kappa shape index (κ2) is 6.96. The lowest BCUT2D eigenvalue weighted by molar-refractivity contribution is 0.00695. The highest BCUT2D eigenvalue weighted by molar-refractivity contribution is 6.29. The third-order valence-electron chi connectivity index (χ3n) is 2.87. The second-order valence-corrected chi connectivity index (χ2v) is 6.56. The van der Waals surface area contributed by atoms with E-state index in [1.54, 1.807) is 25.1 Å². The second-order valence-electron chi connectivity index (χ2n) is 6.18. The number of anilines is 1. The van der Waals surface area contributed by atoms with Crippen molar-refractivity contribution in [3.63, 3.8) is 0 Å². The number of aromatic nitrogens is 2. The SMILES string of the molecule is Cc1nc(Cl)cc(NCc2ccc(C(=O)OC(C)(C)C)cc2)n1. The molecule has 0 radical (unpaired) electrons. The van der Waals surface area contributed by atoms with Crippen LogP contribution in [-0.2, 0) is 11.3 Å². The molecule has 2 aromatic rings. The summed E-state index contributed by atoms with van der Waals surface area (Å²) in [7, 11) is 0. The Balaban J connectivity index is 1.98. The number of halogens is 1. The first-order chi connectivity index (χ1) is 10.7. The van der Waals surface area contributed by atoms with Gasteiger partial charge in [0.15, 0.2) is 0 Å². The van der Waals surface area contributed by atoms with Gasteiger partial charge in [-0.15, -0.1) is 0 Å². The minimum atomic E-state index is -0.499. The van der Waals surface area contributed by atoms with Gasteiger partial charge in [-0.1, -0.05) is 23.7 Å². The quantitative estimate of drug-likeness (QED) is 0.676. The molecule has 0 atom stereocenters. The summed E-state index contributed by atoms with van der Waals surface area (Å²) in [5, 5.41) is 3.58. The molecule has 5 nitrogen and oxygen atoms in total. The third-order valence-corrected chi connectivity index (χ3v) is 3.06. The minimum Gasteiger partial charge on any atom is -0.456 e. The van der Waals surface area contributed by atoms with Crippen LogP contribution in [0.15, 0.2) is 30.3 Å². The number of carbonyl (C=O) groups excluding carboxylic acids is 1. The van der Waals surface area contributed by atoms with Crippen LogP contribution in [0.25, 0.3) is 0 Å². The number of ether oxygens (including phenoxy) is 1. The van der Waals surface area contributed by atoms with Crippen LogP contribution in [0.1, 0.15) is 42.5 Å². The van der Waals surface area contributed by atoms with Gasteiger partial charge in [-0.05, 0) is 45.4 Å². The molecule has 1 aromatic carbocycles. The van der Waals surface area contributed by atoms with E-state index in [1.165, 1.54) is 0 Å². The van der Waals surface area contributed by atoms with Crippen LogP contribution in [0.4, 0.5) is 5.82 Å². The molecule has 0 fully saturated rings. The molecule has 1 heterocycles. The largest absolute Gasteiger partial charge is 0.456 e. The van der Waals surface area contributed by atoms with Crippen molar-refractivity contribution in [2.24, 2.45) is 0 Å². The molecule has 0 saturated carbocycles. The molecule has 1 N–H and O–H groups in total. The molecule has 0 bridgehead atoms. The molecule has 0 unspecified atom stereocenters. The third kappa shape index (κ3) is 5.53. The van der Waals surface area contributed by atoms with Gasteiger partial charge < -0.3 is 10.1 Å². The number of rotatable bonds is 4. The van der Waals surface area contributed by atoms with E-state index >= 15 is 0 Å². The molecule has 0 amide bonds. The van der Waals surface area contributed by atoms with Crippen LogP contribution < -0.4 is 5.32 Å². The molecular weight excluding hydrogens is 314 g/mol. The van der Waals surface area contributed by atoms with Gasteiger partial charge in [0.1, 0.15) is 22.4 Å². The molecule has 122 valence electrons. The predicted molar refractivity (Wildman–Crippen MR) is 90.7 cm³/mol. The molecule has 1 aromatic heterocycles. The Morgan fingerprint density at radius 3 is 2.43 bits per heavy atom. The van der Waals surface area contributed by atoms with Crippen LogP contribution in [-0.4, -0.2) is 21.5 Å². The summed E-state index contributed by atoms with van der Waals surface area (Å²) < 4.78 is 5.33. The standard InChI is InChI=1S/C17H20ClN3O2/c1-11-20-14(18)9-15(21-11)19-10-12-5-7-13(8-6-12)16(22)23-17(2,3)4/h5-9H,10H2,1-4H3,(H,19,20,21). The van der Waals surface area contributed by atoms with Crippen LogP contribution in [0.5, 0.6) is 0 Å². The van der Waals surface area contributed by atoms with Crippen molar-refractivity contribution in [1.29, 1.82) is 0 Å². The first kappa shape index (κ1) is 17.2. The normalized spacial score (nSPS) is 11.2. The topological polar surface area (TPSA) is 64.1 Å². The number of esters is 1. The van der Waals surface area contributed by atoms with Gasteiger partial charge >= 0.3 is 5.97 Å². The van der Waals surface area contributed by atoms with E-state index in [2.05, 4.69) is 15.3 Å². The Bertz CT molecular complexity index is 674. The summed E-state index contributed by atoms with van der Waals surface area (Å²) in [6, 6.07) is 8.93. The lowest BCUT2D eigenvalue weighted by Crippen LogP contribution is -2.23. The van der Waals surface area contributed by atoms with Crippen molar-refractivity contribution >= 4 is 23.4 Å². The first-order valence-electron chi connectivity index (χ1n) is 7.30. The molecule has 2 rings (SSSR count). The Labute approximate surface area is 141 Å². The summed E-state index contributed by atoms with van der Waals surface area (Å²) >= 11 is 5.90. The van der Waals surface area contributed by atoms with Crippen molar-refractivity contribution in [1.82, 2.24) is 9.97 Å². The zero-order valence-corrected chi connectivity index (χ0v) is 14.4. The summed E-state index contributed by atoms with van der Waals surface area (Å²) in [4.78, 5) is 20.2. The summed E-state index contributed by atoms with van der Waals surface area (Å²) in [5.41, 5.74) is 1.05. The van der Waals surface area contributed by atoms with E-state index in [0.717, 1.165) is 5.56 Å². The average Bonchev–Trinajstić information content (AvgIpc) is 2.43. The van der Waals surface area contributed by atoms with E-state index < -0.39 is 5.60 Å². The van der Waals surface area contributed by atoms with Crippen LogP contribution >= 0.6 is 11.6 Å². The summed E-state index contributed by atoms with van der Waals surface area (Å²) in [6.45, 7) is 7.89. The maximum Gasteiger partial charge on any atom is 0.338 e. The number of carbonyl (C=O) groups is 1. The Morgan fingerprint density at radius 2 is 1.87 bits per heavy atom. The fourth-order valence-electron chi connectivity index (χ4n) is 1.91. The number of nitrogens with one attached hydrogen (secondary N) is 1. The molecule has 23 heavy (non-hydrogen) atoms.